The number of carbonyl (C=O) groups excluding carboxylic acids is 1. The van der Waals surface area contributed by atoms with E-state index in [4.69, 9.17) is 5.11 Å². The number of amides is 3. The summed E-state index contributed by atoms with van der Waals surface area (Å²) < 4.78 is 13.4. The molecule has 0 unspecified atom stereocenters. The average Bonchev–Trinajstić information content (AvgIpc) is 3.27. The highest BCUT2D eigenvalue weighted by Crippen LogP contribution is 2.30. The van der Waals surface area contributed by atoms with E-state index >= 15 is 0 Å². The Morgan fingerprint density at radius 2 is 1.59 bits per heavy atom. The van der Waals surface area contributed by atoms with Crippen molar-refractivity contribution < 1.29 is 29.0 Å². The molecule has 4 rings (SSSR count). The van der Waals surface area contributed by atoms with E-state index in [1.54, 1.807) is 12.1 Å². The SMILES string of the molecule is O=C(O)NCCC[C@@H](CNC(=O)c1[nH]c2cc(-c3ccc(F)cc3)ccc2c1Cc1ccccc1)NC(=O)O. The number of aromatic amines is 1. The number of hydrogen-bond donors (Lipinski definition) is 6. The number of fused-ring (bicyclic) bond motifs is 1. The second-order valence-electron chi connectivity index (χ2n) is 9.14. The molecule has 0 aliphatic heterocycles. The van der Waals surface area contributed by atoms with E-state index in [9.17, 15) is 23.9 Å². The Balaban J connectivity index is 1.59. The van der Waals surface area contributed by atoms with Gasteiger partial charge in [0.25, 0.3) is 5.91 Å². The van der Waals surface area contributed by atoms with Crippen LogP contribution in [0.4, 0.5) is 14.0 Å². The number of H-pyrrole nitrogens is 1. The Bertz CT molecular complexity index is 1450. The fourth-order valence-corrected chi connectivity index (χ4v) is 4.50. The number of benzene rings is 3. The van der Waals surface area contributed by atoms with Crippen LogP contribution >= 0.6 is 0 Å². The molecular formula is C29H29FN4O5. The normalized spacial score (nSPS) is 11.6. The summed E-state index contributed by atoms with van der Waals surface area (Å²) in [4.78, 5) is 38.5. The smallest absolute Gasteiger partial charge is 0.404 e. The average molecular weight is 533 g/mol. The van der Waals surface area contributed by atoms with Gasteiger partial charge in [0.2, 0.25) is 0 Å². The van der Waals surface area contributed by atoms with Crippen molar-refractivity contribution in [2.45, 2.75) is 25.3 Å². The fraction of sp³-hybridized carbons (Fsp3) is 0.207. The first kappa shape index (κ1) is 27.2. The molecule has 1 atom stereocenters. The third kappa shape index (κ3) is 7.35. The third-order valence-electron chi connectivity index (χ3n) is 6.38. The number of hydrogen-bond acceptors (Lipinski definition) is 3. The van der Waals surface area contributed by atoms with Gasteiger partial charge in [-0.15, -0.1) is 0 Å². The predicted molar refractivity (Wildman–Crippen MR) is 145 cm³/mol. The zero-order valence-electron chi connectivity index (χ0n) is 21.0. The lowest BCUT2D eigenvalue weighted by Gasteiger charge is -2.17. The molecule has 0 radical (unpaired) electrons. The van der Waals surface area contributed by atoms with Gasteiger partial charge in [0.05, 0.1) is 0 Å². The third-order valence-corrected chi connectivity index (χ3v) is 6.38. The molecule has 39 heavy (non-hydrogen) atoms. The predicted octanol–water partition coefficient (Wildman–Crippen LogP) is 4.98. The van der Waals surface area contributed by atoms with Crippen LogP contribution in [-0.2, 0) is 6.42 Å². The molecule has 0 spiro atoms. The zero-order valence-corrected chi connectivity index (χ0v) is 21.0. The lowest BCUT2D eigenvalue weighted by atomic mass is 9.99. The molecule has 9 nitrogen and oxygen atoms in total. The number of rotatable bonds is 11. The van der Waals surface area contributed by atoms with Gasteiger partial charge >= 0.3 is 12.2 Å². The summed E-state index contributed by atoms with van der Waals surface area (Å²) in [5, 5.41) is 26.2. The van der Waals surface area contributed by atoms with Crippen molar-refractivity contribution in [3.05, 3.63) is 95.4 Å². The van der Waals surface area contributed by atoms with Crippen molar-refractivity contribution in [2.75, 3.05) is 13.1 Å². The van der Waals surface area contributed by atoms with E-state index in [0.717, 1.165) is 33.2 Å². The Morgan fingerprint density at radius 1 is 0.872 bits per heavy atom. The molecular weight excluding hydrogens is 503 g/mol. The molecule has 0 bridgehead atoms. The van der Waals surface area contributed by atoms with Crippen LogP contribution in [-0.4, -0.2) is 52.4 Å². The molecule has 3 amide bonds. The maximum absolute atomic E-state index is 13.4. The number of carbonyl (C=O) groups is 3. The van der Waals surface area contributed by atoms with Crippen LogP contribution < -0.4 is 16.0 Å². The molecule has 10 heteroatoms. The maximum Gasteiger partial charge on any atom is 0.404 e. The highest BCUT2D eigenvalue weighted by Gasteiger charge is 2.20. The minimum atomic E-state index is -1.23. The maximum atomic E-state index is 13.4. The Kier molecular flexibility index (Phi) is 8.78. The van der Waals surface area contributed by atoms with Gasteiger partial charge in [-0.05, 0) is 53.3 Å². The summed E-state index contributed by atoms with van der Waals surface area (Å²) in [5.41, 5.74) is 4.63. The molecule has 0 fully saturated rings. The number of carboxylic acid groups (broad SMARTS) is 2. The molecule has 1 heterocycles. The molecule has 1 aromatic heterocycles. The molecule has 0 aliphatic rings. The van der Waals surface area contributed by atoms with Crippen LogP contribution in [0.2, 0.25) is 0 Å². The molecule has 3 aromatic carbocycles. The van der Waals surface area contributed by atoms with Crippen LogP contribution in [0.15, 0.2) is 72.8 Å². The standard InChI is InChI=1S/C29H29FN4O5/c30-21-11-8-19(9-12-21)20-10-13-23-24(15-18-5-2-1-3-6-18)26(34-25(23)16-20)27(35)32-17-22(33-29(38)39)7-4-14-31-28(36)37/h1-3,5-6,8-13,16,22,31,33-34H,4,7,14-15,17H2,(H,32,35)(H,36,37)(H,38,39)/t22-/m0/s1. The van der Waals surface area contributed by atoms with Crippen molar-refractivity contribution >= 4 is 29.0 Å². The first-order chi connectivity index (χ1) is 18.8. The Morgan fingerprint density at radius 3 is 2.28 bits per heavy atom. The molecule has 0 saturated heterocycles. The minimum absolute atomic E-state index is 0.0270. The van der Waals surface area contributed by atoms with E-state index in [0.29, 0.717) is 25.0 Å². The first-order valence-corrected chi connectivity index (χ1v) is 12.5. The van der Waals surface area contributed by atoms with Gasteiger partial charge in [-0.1, -0.05) is 54.6 Å². The minimum Gasteiger partial charge on any atom is -0.465 e. The van der Waals surface area contributed by atoms with Crippen LogP contribution in [0.3, 0.4) is 0 Å². The molecule has 4 aromatic rings. The Hall–Kier alpha value is -4.86. The Labute approximate surface area is 224 Å². The lowest BCUT2D eigenvalue weighted by Crippen LogP contribution is -2.43. The summed E-state index contributed by atoms with van der Waals surface area (Å²) in [7, 11) is 0. The molecule has 0 aliphatic carbocycles. The van der Waals surface area contributed by atoms with E-state index in [1.807, 2.05) is 48.5 Å². The van der Waals surface area contributed by atoms with Crippen molar-refractivity contribution in [2.24, 2.45) is 0 Å². The van der Waals surface area contributed by atoms with Gasteiger partial charge in [-0.2, -0.15) is 0 Å². The van der Waals surface area contributed by atoms with E-state index in [2.05, 4.69) is 20.9 Å². The highest BCUT2D eigenvalue weighted by molar-refractivity contribution is 6.02. The van der Waals surface area contributed by atoms with E-state index in [-0.39, 0.29) is 24.8 Å². The second kappa shape index (κ2) is 12.6. The van der Waals surface area contributed by atoms with E-state index in [1.165, 1.54) is 12.1 Å². The van der Waals surface area contributed by atoms with Crippen LogP contribution in [0.1, 0.15) is 34.5 Å². The first-order valence-electron chi connectivity index (χ1n) is 12.5. The number of halogens is 1. The van der Waals surface area contributed by atoms with Gasteiger partial charge < -0.3 is 31.1 Å². The van der Waals surface area contributed by atoms with Gasteiger partial charge in [0.1, 0.15) is 11.5 Å². The second-order valence-corrected chi connectivity index (χ2v) is 9.14. The van der Waals surface area contributed by atoms with Crippen LogP contribution in [0.5, 0.6) is 0 Å². The summed E-state index contributed by atoms with van der Waals surface area (Å²) in [6, 6.07) is 21.1. The van der Waals surface area contributed by atoms with Gasteiger partial charge in [0.15, 0.2) is 0 Å². The monoisotopic (exact) mass is 532 g/mol. The van der Waals surface area contributed by atoms with E-state index < -0.39 is 18.2 Å². The van der Waals surface area contributed by atoms with Crippen molar-refractivity contribution in [1.82, 2.24) is 20.9 Å². The van der Waals surface area contributed by atoms with Crippen LogP contribution in [0, 0.1) is 5.82 Å². The molecule has 202 valence electrons. The molecule has 0 saturated carbocycles. The summed E-state index contributed by atoms with van der Waals surface area (Å²) in [5.74, 6) is -0.709. The summed E-state index contributed by atoms with van der Waals surface area (Å²) >= 11 is 0. The quantitative estimate of drug-likeness (QED) is 0.151. The van der Waals surface area contributed by atoms with Crippen molar-refractivity contribution in [3.63, 3.8) is 0 Å². The van der Waals surface area contributed by atoms with Crippen molar-refractivity contribution in [3.8, 4) is 11.1 Å². The summed E-state index contributed by atoms with van der Waals surface area (Å²) in [6.45, 7) is 0.194. The van der Waals surface area contributed by atoms with Gasteiger partial charge in [-0.25, -0.2) is 14.0 Å². The fourth-order valence-electron chi connectivity index (χ4n) is 4.50. The lowest BCUT2D eigenvalue weighted by molar-refractivity contribution is 0.0942. The number of nitrogens with one attached hydrogen (secondary N) is 4. The number of aromatic nitrogens is 1. The summed E-state index contributed by atoms with van der Waals surface area (Å²) in [6.07, 6.45) is -1.16. The highest BCUT2D eigenvalue weighted by atomic mass is 19.1. The van der Waals surface area contributed by atoms with Crippen molar-refractivity contribution in [1.29, 1.82) is 0 Å². The largest absolute Gasteiger partial charge is 0.465 e. The zero-order chi connectivity index (χ0) is 27.8. The topological polar surface area (TPSA) is 144 Å². The van der Waals surface area contributed by atoms with Gasteiger partial charge in [0, 0.05) is 36.5 Å². The van der Waals surface area contributed by atoms with Crippen LogP contribution in [0.25, 0.3) is 22.0 Å². The van der Waals surface area contributed by atoms with Gasteiger partial charge in [-0.3, -0.25) is 4.79 Å². The molecule has 6 N–H and O–H groups in total.